The minimum Gasteiger partial charge on any atom is -0.311 e. The van der Waals surface area contributed by atoms with Crippen LogP contribution in [0.1, 0.15) is 33.1 Å². The molecule has 1 aliphatic heterocycles. The summed E-state index contributed by atoms with van der Waals surface area (Å²) in [4.78, 5) is 2.04. The van der Waals surface area contributed by atoms with Gasteiger partial charge in [-0.25, -0.2) is 8.78 Å². The third kappa shape index (κ3) is 3.38. The monoisotopic (exact) mass is 246 g/mol. The molecule has 0 aromatic carbocycles. The predicted octanol–water partition coefficient (Wildman–Crippen LogP) is 2.35. The highest BCUT2D eigenvalue weighted by atomic mass is 19.3. The minimum absolute atomic E-state index is 0.0459. The molecule has 4 heteroatoms. The molecule has 3 atom stereocenters. The lowest BCUT2D eigenvalue weighted by Gasteiger charge is -2.42. The van der Waals surface area contributed by atoms with Gasteiger partial charge in [-0.05, 0) is 24.7 Å². The van der Waals surface area contributed by atoms with Crippen LogP contribution >= 0.6 is 0 Å². The van der Waals surface area contributed by atoms with Crippen molar-refractivity contribution < 1.29 is 8.78 Å². The average Bonchev–Trinajstić information content (AvgIpc) is 3.11. The Bertz CT molecular complexity index is 244. The van der Waals surface area contributed by atoms with E-state index in [-0.39, 0.29) is 6.54 Å². The lowest BCUT2D eigenvalue weighted by molar-refractivity contribution is 0.0287. The number of rotatable bonds is 5. The normalized spacial score (nSPS) is 33.0. The van der Waals surface area contributed by atoms with Gasteiger partial charge in [-0.2, -0.15) is 0 Å². The van der Waals surface area contributed by atoms with E-state index >= 15 is 0 Å². The van der Waals surface area contributed by atoms with Gasteiger partial charge in [0.05, 0.1) is 6.54 Å². The average molecular weight is 246 g/mol. The molecule has 1 saturated heterocycles. The van der Waals surface area contributed by atoms with Crippen molar-refractivity contribution in [2.75, 3.05) is 19.6 Å². The van der Waals surface area contributed by atoms with Crippen molar-refractivity contribution in [3.05, 3.63) is 0 Å². The molecule has 1 heterocycles. The van der Waals surface area contributed by atoms with Gasteiger partial charge in [-0.3, -0.25) is 4.90 Å². The third-order valence-electron chi connectivity index (χ3n) is 4.36. The Balaban J connectivity index is 1.94. The zero-order valence-electron chi connectivity index (χ0n) is 10.8. The molecule has 0 amide bonds. The summed E-state index contributed by atoms with van der Waals surface area (Å²) in [6.07, 6.45) is 1.35. The van der Waals surface area contributed by atoms with Crippen LogP contribution in [-0.2, 0) is 0 Å². The molecular formula is C13H24F2N2. The number of alkyl halides is 2. The quantitative estimate of drug-likeness (QED) is 0.801. The minimum atomic E-state index is -2.20. The van der Waals surface area contributed by atoms with Crippen molar-refractivity contribution in [3.63, 3.8) is 0 Å². The molecule has 1 N–H and O–H groups in total. The van der Waals surface area contributed by atoms with Crippen molar-refractivity contribution in [3.8, 4) is 0 Å². The van der Waals surface area contributed by atoms with E-state index in [1.54, 1.807) is 0 Å². The van der Waals surface area contributed by atoms with Crippen molar-refractivity contribution in [2.24, 2.45) is 11.8 Å². The Morgan fingerprint density at radius 2 is 2.06 bits per heavy atom. The van der Waals surface area contributed by atoms with Crippen LogP contribution in [0.5, 0.6) is 0 Å². The lowest BCUT2D eigenvalue weighted by Crippen LogP contribution is -2.59. The summed E-state index contributed by atoms with van der Waals surface area (Å²) in [5.41, 5.74) is 0. The molecule has 0 bridgehead atoms. The zero-order valence-corrected chi connectivity index (χ0v) is 10.8. The number of halogens is 2. The van der Waals surface area contributed by atoms with Gasteiger partial charge in [-0.15, -0.1) is 0 Å². The highest BCUT2D eigenvalue weighted by Crippen LogP contribution is 2.36. The van der Waals surface area contributed by atoms with Gasteiger partial charge in [0.2, 0.25) is 0 Å². The maximum Gasteiger partial charge on any atom is 0.251 e. The first kappa shape index (κ1) is 13.2. The summed E-state index contributed by atoms with van der Waals surface area (Å²) in [5, 5.41) is 3.56. The first-order valence-corrected chi connectivity index (χ1v) is 6.87. The highest BCUT2D eigenvalue weighted by Gasteiger charge is 2.40. The van der Waals surface area contributed by atoms with Crippen LogP contribution in [0.4, 0.5) is 8.78 Å². The molecule has 2 fully saturated rings. The maximum atomic E-state index is 12.6. The maximum absolute atomic E-state index is 12.6. The first-order valence-electron chi connectivity index (χ1n) is 6.87. The van der Waals surface area contributed by atoms with Crippen molar-refractivity contribution in [2.45, 2.75) is 51.6 Å². The number of nitrogens with zero attached hydrogens (tertiary/aromatic N) is 1. The molecule has 0 spiro atoms. The van der Waals surface area contributed by atoms with Crippen LogP contribution in [0.3, 0.4) is 0 Å². The van der Waals surface area contributed by atoms with E-state index in [1.165, 1.54) is 12.8 Å². The van der Waals surface area contributed by atoms with E-state index in [4.69, 9.17) is 0 Å². The highest BCUT2D eigenvalue weighted by molar-refractivity contribution is 4.96. The second kappa shape index (κ2) is 5.61. The van der Waals surface area contributed by atoms with Crippen LogP contribution in [0.2, 0.25) is 0 Å². The number of hydrogen-bond acceptors (Lipinski definition) is 2. The second-order valence-corrected chi connectivity index (χ2v) is 5.65. The summed E-state index contributed by atoms with van der Waals surface area (Å²) >= 11 is 0. The smallest absolute Gasteiger partial charge is 0.251 e. The first-order chi connectivity index (χ1) is 8.11. The van der Waals surface area contributed by atoms with Crippen LogP contribution in [0.25, 0.3) is 0 Å². The molecule has 2 nitrogen and oxygen atoms in total. The fourth-order valence-corrected chi connectivity index (χ4v) is 2.85. The Kier molecular flexibility index (Phi) is 4.36. The van der Waals surface area contributed by atoms with E-state index in [9.17, 15) is 8.78 Å². The van der Waals surface area contributed by atoms with Crippen LogP contribution in [0, 0.1) is 11.8 Å². The number of piperazine rings is 1. The molecular weight excluding hydrogens is 222 g/mol. The fraction of sp³-hybridized carbons (Fsp3) is 1.00. The van der Waals surface area contributed by atoms with E-state index < -0.39 is 6.43 Å². The fourth-order valence-electron chi connectivity index (χ4n) is 2.85. The Morgan fingerprint density at radius 3 is 2.59 bits per heavy atom. The van der Waals surface area contributed by atoms with Crippen LogP contribution < -0.4 is 5.32 Å². The molecule has 0 radical (unpaired) electrons. The Morgan fingerprint density at radius 1 is 1.35 bits per heavy atom. The summed E-state index contributed by atoms with van der Waals surface area (Å²) in [6, 6.07) is 0.734. The molecule has 3 unspecified atom stereocenters. The molecule has 0 aromatic heterocycles. The van der Waals surface area contributed by atoms with E-state index in [2.05, 4.69) is 19.2 Å². The van der Waals surface area contributed by atoms with Crippen molar-refractivity contribution in [1.29, 1.82) is 0 Å². The molecule has 1 saturated carbocycles. The SMILES string of the molecule is CCC(C)C1CN(CC(F)F)C(C2CC2)CN1. The van der Waals surface area contributed by atoms with Gasteiger partial charge in [0.15, 0.2) is 0 Å². The summed E-state index contributed by atoms with van der Waals surface area (Å²) < 4.78 is 25.2. The Labute approximate surface area is 103 Å². The van der Waals surface area contributed by atoms with Crippen LogP contribution in [-0.4, -0.2) is 43.0 Å². The second-order valence-electron chi connectivity index (χ2n) is 5.65. The van der Waals surface area contributed by atoms with Gasteiger partial charge in [0.1, 0.15) is 0 Å². The molecule has 17 heavy (non-hydrogen) atoms. The summed E-state index contributed by atoms with van der Waals surface area (Å²) in [5.74, 6) is 1.23. The third-order valence-corrected chi connectivity index (χ3v) is 4.36. The van der Waals surface area contributed by atoms with Crippen molar-refractivity contribution >= 4 is 0 Å². The molecule has 2 rings (SSSR count). The largest absolute Gasteiger partial charge is 0.311 e. The van der Waals surface area contributed by atoms with Gasteiger partial charge < -0.3 is 5.32 Å². The molecule has 2 aliphatic rings. The van der Waals surface area contributed by atoms with Gasteiger partial charge in [0, 0.05) is 25.2 Å². The number of nitrogens with one attached hydrogen (secondary N) is 1. The molecule has 1 aliphatic carbocycles. The van der Waals surface area contributed by atoms with E-state index in [0.717, 1.165) is 19.5 Å². The lowest BCUT2D eigenvalue weighted by atomic mass is 9.94. The van der Waals surface area contributed by atoms with Crippen LogP contribution in [0.15, 0.2) is 0 Å². The predicted molar refractivity (Wildman–Crippen MR) is 65.3 cm³/mol. The van der Waals surface area contributed by atoms with E-state index in [1.807, 2.05) is 4.90 Å². The zero-order chi connectivity index (χ0) is 12.4. The van der Waals surface area contributed by atoms with Gasteiger partial charge >= 0.3 is 0 Å². The summed E-state index contributed by atoms with van der Waals surface area (Å²) in [7, 11) is 0. The van der Waals surface area contributed by atoms with Gasteiger partial charge in [0.25, 0.3) is 6.43 Å². The number of hydrogen-bond donors (Lipinski definition) is 1. The summed E-state index contributed by atoms with van der Waals surface area (Å²) in [6.45, 7) is 6.01. The Hall–Kier alpha value is -0.220. The topological polar surface area (TPSA) is 15.3 Å². The molecule has 0 aromatic rings. The standard InChI is InChI=1S/C13H24F2N2/c1-3-9(2)11-7-17(8-13(14)15)12(6-16-11)10-4-5-10/h9-13,16H,3-8H2,1-2H3. The van der Waals surface area contributed by atoms with Gasteiger partial charge in [-0.1, -0.05) is 20.3 Å². The van der Waals surface area contributed by atoms with Crippen molar-refractivity contribution in [1.82, 2.24) is 10.2 Å². The van der Waals surface area contributed by atoms with E-state index in [0.29, 0.717) is 23.9 Å². The molecule has 100 valence electrons.